The van der Waals surface area contributed by atoms with Gasteiger partial charge < -0.3 is 20.6 Å². The lowest BCUT2D eigenvalue weighted by molar-refractivity contribution is -0.120. The lowest BCUT2D eigenvalue weighted by atomic mass is 10.1. The predicted molar refractivity (Wildman–Crippen MR) is 99.1 cm³/mol. The summed E-state index contributed by atoms with van der Waals surface area (Å²) in [7, 11) is 0. The normalized spacial score (nSPS) is 11.1. The molecule has 2 aromatic rings. The Balaban J connectivity index is 1.80. The summed E-state index contributed by atoms with van der Waals surface area (Å²) < 4.78 is 5.41. The average molecular weight is 362 g/mol. The summed E-state index contributed by atoms with van der Waals surface area (Å²) in [5, 5.41) is 6.83. The smallest absolute Gasteiger partial charge is 0.265 e. The fourth-order valence-electron chi connectivity index (χ4n) is 2.12. The molecule has 0 saturated heterocycles. The topological polar surface area (TPSA) is 85.9 Å². The van der Waals surface area contributed by atoms with Crippen LogP contribution in [0.2, 0.25) is 5.02 Å². The number of nitrogens with two attached hydrogens (primary N) is 1. The molecule has 0 radical (unpaired) electrons. The van der Waals surface area contributed by atoms with E-state index in [4.69, 9.17) is 26.9 Å². The second kappa shape index (κ2) is 8.94. The van der Waals surface area contributed by atoms with Gasteiger partial charge in [-0.05, 0) is 43.2 Å². The third-order valence-corrected chi connectivity index (χ3v) is 3.50. The minimum absolute atomic E-state index is 0.0640. The molecular weight excluding hydrogens is 342 g/mol. The van der Waals surface area contributed by atoms with E-state index in [2.05, 4.69) is 10.5 Å². The van der Waals surface area contributed by atoms with E-state index in [1.165, 1.54) is 0 Å². The molecule has 2 aromatic carbocycles. The maximum absolute atomic E-state index is 11.9. The molecule has 2 rings (SSSR count). The molecule has 0 aliphatic heterocycles. The van der Waals surface area contributed by atoms with Crippen LogP contribution in [0, 0.1) is 13.8 Å². The Morgan fingerprint density at radius 2 is 1.92 bits per heavy atom. The number of hydrogen-bond acceptors (Lipinski definition) is 4. The standard InChI is InChI=1S/C18H20ClN3O3/c1-12-8-13(2)18(15(19)9-12)21-17(23)11-25-22-16(20)10-24-14-6-4-3-5-7-14/h3-9H,10-11H2,1-2H3,(H2,20,22)(H,21,23). The number of rotatable bonds is 7. The van der Waals surface area contributed by atoms with Crippen LogP contribution in [-0.2, 0) is 9.63 Å². The Hall–Kier alpha value is -2.73. The highest BCUT2D eigenvalue weighted by Crippen LogP contribution is 2.27. The van der Waals surface area contributed by atoms with Crippen molar-refractivity contribution in [2.75, 3.05) is 18.5 Å². The molecule has 132 valence electrons. The second-order valence-electron chi connectivity index (χ2n) is 5.44. The summed E-state index contributed by atoms with van der Waals surface area (Å²) in [4.78, 5) is 16.9. The third kappa shape index (κ3) is 6.00. The molecule has 0 aromatic heterocycles. The zero-order chi connectivity index (χ0) is 18.2. The largest absolute Gasteiger partial charge is 0.486 e. The van der Waals surface area contributed by atoms with Crippen molar-refractivity contribution in [3.63, 3.8) is 0 Å². The van der Waals surface area contributed by atoms with Gasteiger partial charge in [0.05, 0.1) is 10.7 Å². The van der Waals surface area contributed by atoms with Crippen molar-refractivity contribution in [3.8, 4) is 5.75 Å². The molecule has 0 fully saturated rings. The number of aryl methyl sites for hydroxylation is 2. The molecule has 0 aliphatic rings. The third-order valence-electron chi connectivity index (χ3n) is 3.20. The number of anilines is 1. The molecule has 7 heteroatoms. The molecule has 0 heterocycles. The quantitative estimate of drug-likeness (QED) is 0.450. The van der Waals surface area contributed by atoms with Gasteiger partial charge in [-0.3, -0.25) is 4.79 Å². The number of amides is 1. The van der Waals surface area contributed by atoms with Crippen LogP contribution in [0.25, 0.3) is 0 Å². The highest BCUT2D eigenvalue weighted by atomic mass is 35.5. The van der Waals surface area contributed by atoms with Crippen molar-refractivity contribution in [2.24, 2.45) is 10.9 Å². The number of nitrogens with one attached hydrogen (secondary N) is 1. The van der Waals surface area contributed by atoms with Gasteiger partial charge in [0.1, 0.15) is 12.4 Å². The molecular formula is C18H20ClN3O3. The molecule has 0 bridgehead atoms. The number of para-hydroxylation sites is 1. The number of oxime groups is 1. The summed E-state index contributed by atoms with van der Waals surface area (Å²) in [5.74, 6) is 0.415. The first kappa shape index (κ1) is 18.6. The lowest BCUT2D eigenvalue weighted by Gasteiger charge is -2.11. The Labute approximate surface area is 151 Å². The van der Waals surface area contributed by atoms with Crippen LogP contribution in [0.15, 0.2) is 47.6 Å². The highest BCUT2D eigenvalue weighted by molar-refractivity contribution is 6.34. The summed E-state index contributed by atoms with van der Waals surface area (Å²) in [6.07, 6.45) is 0. The molecule has 0 spiro atoms. The number of halogens is 1. The van der Waals surface area contributed by atoms with Crippen LogP contribution in [0.5, 0.6) is 5.75 Å². The number of hydrogen-bond donors (Lipinski definition) is 2. The molecule has 1 amide bonds. The Morgan fingerprint density at radius 1 is 1.20 bits per heavy atom. The van der Waals surface area contributed by atoms with Gasteiger partial charge in [0.25, 0.3) is 5.91 Å². The number of benzene rings is 2. The van der Waals surface area contributed by atoms with E-state index in [1.807, 2.05) is 38.1 Å². The van der Waals surface area contributed by atoms with E-state index in [1.54, 1.807) is 18.2 Å². The fourth-order valence-corrected chi connectivity index (χ4v) is 2.49. The Bertz CT molecular complexity index is 740. The van der Waals surface area contributed by atoms with E-state index < -0.39 is 0 Å². The van der Waals surface area contributed by atoms with E-state index in [0.29, 0.717) is 16.5 Å². The van der Waals surface area contributed by atoms with Crippen molar-refractivity contribution in [2.45, 2.75) is 13.8 Å². The monoisotopic (exact) mass is 361 g/mol. The van der Waals surface area contributed by atoms with Crippen LogP contribution < -0.4 is 15.8 Å². The van der Waals surface area contributed by atoms with Crippen LogP contribution >= 0.6 is 11.6 Å². The predicted octanol–water partition coefficient (Wildman–Crippen LogP) is 3.26. The minimum Gasteiger partial charge on any atom is -0.486 e. The number of nitrogens with zero attached hydrogens (tertiary/aromatic N) is 1. The van der Waals surface area contributed by atoms with Crippen LogP contribution in [0.3, 0.4) is 0 Å². The molecule has 3 N–H and O–H groups in total. The van der Waals surface area contributed by atoms with Crippen molar-refractivity contribution in [3.05, 3.63) is 58.6 Å². The number of carbonyl (C=O) groups is 1. The lowest BCUT2D eigenvalue weighted by Crippen LogP contribution is -2.23. The van der Waals surface area contributed by atoms with Gasteiger partial charge in [0.15, 0.2) is 12.4 Å². The van der Waals surface area contributed by atoms with E-state index >= 15 is 0 Å². The van der Waals surface area contributed by atoms with E-state index in [-0.39, 0.29) is 25.0 Å². The van der Waals surface area contributed by atoms with Gasteiger partial charge in [-0.15, -0.1) is 0 Å². The minimum atomic E-state index is -0.380. The molecule has 0 unspecified atom stereocenters. The number of carbonyl (C=O) groups excluding carboxylic acids is 1. The Morgan fingerprint density at radius 3 is 2.60 bits per heavy atom. The number of amidine groups is 1. The average Bonchev–Trinajstić information content (AvgIpc) is 2.57. The molecule has 25 heavy (non-hydrogen) atoms. The fraction of sp³-hybridized carbons (Fsp3) is 0.222. The van der Waals surface area contributed by atoms with Crippen molar-refractivity contribution in [1.82, 2.24) is 0 Å². The molecule has 6 nitrogen and oxygen atoms in total. The van der Waals surface area contributed by atoms with Gasteiger partial charge in [-0.1, -0.05) is 41.0 Å². The van der Waals surface area contributed by atoms with Crippen LogP contribution in [0.4, 0.5) is 5.69 Å². The van der Waals surface area contributed by atoms with Crippen LogP contribution in [-0.4, -0.2) is 25.0 Å². The first-order valence-corrected chi connectivity index (χ1v) is 8.02. The maximum atomic E-state index is 11.9. The van der Waals surface area contributed by atoms with Gasteiger partial charge >= 0.3 is 0 Å². The summed E-state index contributed by atoms with van der Waals surface area (Å²) in [6, 6.07) is 12.9. The molecule has 0 atom stereocenters. The second-order valence-corrected chi connectivity index (χ2v) is 5.85. The van der Waals surface area contributed by atoms with Gasteiger partial charge in [-0.2, -0.15) is 0 Å². The molecule has 0 aliphatic carbocycles. The van der Waals surface area contributed by atoms with Crippen molar-refractivity contribution in [1.29, 1.82) is 0 Å². The summed E-state index contributed by atoms with van der Waals surface area (Å²) in [6.45, 7) is 3.58. The zero-order valence-corrected chi connectivity index (χ0v) is 14.8. The SMILES string of the molecule is Cc1cc(C)c(NC(=O)CO/N=C(/N)COc2ccccc2)c(Cl)c1. The molecule has 0 saturated carbocycles. The first-order chi connectivity index (χ1) is 12.0. The van der Waals surface area contributed by atoms with E-state index in [9.17, 15) is 4.79 Å². The van der Waals surface area contributed by atoms with E-state index in [0.717, 1.165) is 11.1 Å². The van der Waals surface area contributed by atoms with Gasteiger partial charge in [-0.25, -0.2) is 0 Å². The number of ether oxygens (including phenoxy) is 1. The Kier molecular flexibility index (Phi) is 6.65. The van der Waals surface area contributed by atoms with Crippen molar-refractivity contribution >= 4 is 29.0 Å². The summed E-state index contributed by atoms with van der Waals surface area (Å²) >= 11 is 6.14. The first-order valence-electron chi connectivity index (χ1n) is 7.64. The van der Waals surface area contributed by atoms with Gasteiger partial charge in [0, 0.05) is 0 Å². The van der Waals surface area contributed by atoms with Crippen molar-refractivity contribution < 1.29 is 14.4 Å². The van der Waals surface area contributed by atoms with Crippen LogP contribution in [0.1, 0.15) is 11.1 Å². The highest BCUT2D eigenvalue weighted by Gasteiger charge is 2.10. The van der Waals surface area contributed by atoms with Gasteiger partial charge in [0.2, 0.25) is 0 Å². The zero-order valence-electron chi connectivity index (χ0n) is 14.1. The maximum Gasteiger partial charge on any atom is 0.265 e. The summed E-state index contributed by atoms with van der Waals surface area (Å²) in [5.41, 5.74) is 8.13.